The molecule has 6 nitrogen and oxygen atoms in total. The number of aliphatic carboxylic acids is 1. The number of benzene rings is 1. The minimum Gasteiger partial charge on any atom is -0.508 e. The van der Waals surface area contributed by atoms with Gasteiger partial charge in [-0.2, -0.15) is 0 Å². The number of carbonyl (C=O) groups is 2. The molecule has 20 heavy (non-hydrogen) atoms. The first kappa shape index (κ1) is 13.9. The molecule has 1 atom stereocenters. The van der Waals surface area contributed by atoms with Gasteiger partial charge in [0.2, 0.25) is 5.76 Å². The van der Waals surface area contributed by atoms with E-state index < -0.39 is 18.0 Å². The normalized spacial score (nSPS) is 18.1. The van der Waals surface area contributed by atoms with Crippen LogP contribution in [0.4, 0.5) is 0 Å². The summed E-state index contributed by atoms with van der Waals surface area (Å²) in [6.45, 7) is 0. The van der Waals surface area contributed by atoms with Crippen molar-refractivity contribution in [1.82, 2.24) is 0 Å². The van der Waals surface area contributed by atoms with Crippen molar-refractivity contribution in [2.24, 2.45) is 0 Å². The average Bonchev–Trinajstić information content (AvgIpc) is 2.73. The zero-order valence-electron chi connectivity index (χ0n) is 10.8. The van der Waals surface area contributed by atoms with E-state index in [1.807, 2.05) is 0 Å². The minimum absolute atomic E-state index is 0.0751. The molecule has 106 valence electrons. The van der Waals surface area contributed by atoms with Crippen molar-refractivity contribution in [2.45, 2.75) is 18.9 Å². The van der Waals surface area contributed by atoms with Crippen LogP contribution >= 0.6 is 0 Å². The van der Waals surface area contributed by atoms with Crippen molar-refractivity contribution in [3.8, 4) is 5.75 Å². The second-order valence-electron chi connectivity index (χ2n) is 4.32. The van der Waals surface area contributed by atoms with Crippen LogP contribution in [0.5, 0.6) is 5.75 Å². The van der Waals surface area contributed by atoms with Gasteiger partial charge in [-0.1, -0.05) is 12.1 Å². The first-order valence-corrected chi connectivity index (χ1v) is 6.03. The number of carboxylic acids is 1. The highest BCUT2D eigenvalue weighted by Gasteiger charge is 2.36. The molecule has 0 aromatic heterocycles. The van der Waals surface area contributed by atoms with Gasteiger partial charge in [-0.15, -0.1) is 0 Å². The van der Waals surface area contributed by atoms with E-state index in [1.54, 1.807) is 12.1 Å². The zero-order valence-corrected chi connectivity index (χ0v) is 10.8. The molecular weight excluding hydrogens is 264 g/mol. The van der Waals surface area contributed by atoms with Crippen LogP contribution in [0.1, 0.15) is 18.4 Å². The van der Waals surface area contributed by atoms with Gasteiger partial charge in [0.25, 0.3) is 0 Å². The molecule has 1 unspecified atom stereocenters. The number of carboxylic acid groups (broad SMARTS) is 1. The Morgan fingerprint density at radius 2 is 2.00 bits per heavy atom. The fourth-order valence-corrected chi connectivity index (χ4v) is 2.11. The van der Waals surface area contributed by atoms with Crippen molar-refractivity contribution in [3.63, 3.8) is 0 Å². The lowest BCUT2D eigenvalue weighted by molar-refractivity contribution is -0.144. The molecule has 1 aromatic rings. The summed E-state index contributed by atoms with van der Waals surface area (Å²) in [4.78, 5) is 22.4. The molecular formula is C14H14O6. The van der Waals surface area contributed by atoms with Gasteiger partial charge in [0, 0.05) is 12.0 Å². The lowest BCUT2D eigenvalue weighted by Crippen LogP contribution is -2.13. The first-order chi connectivity index (χ1) is 9.52. The summed E-state index contributed by atoms with van der Waals surface area (Å²) in [5, 5.41) is 18.0. The van der Waals surface area contributed by atoms with Crippen LogP contribution in [0.15, 0.2) is 30.0 Å². The summed E-state index contributed by atoms with van der Waals surface area (Å²) in [5.41, 5.74) is 1.17. The number of phenols is 1. The molecule has 1 aliphatic rings. The number of carbonyl (C=O) groups excluding carboxylic acids is 1. The van der Waals surface area contributed by atoms with E-state index in [2.05, 4.69) is 0 Å². The third-order valence-corrected chi connectivity index (χ3v) is 3.00. The second-order valence-corrected chi connectivity index (χ2v) is 4.32. The Balaban J connectivity index is 2.35. The standard InChI is InChI=1S/C14H14O6/c1-19-13-12(8-2-4-9(15)5-3-8)10(20-14(13)18)6-7-11(16)17/h2-5,10,15H,6-7H2,1H3,(H,16,17). The summed E-state index contributed by atoms with van der Waals surface area (Å²) in [6, 6.07) is 6.21. The third-order valence-electron chi connectivity index (χ3n) is 3.00. The fourth-order valence-electron chi connectivity index (χ4n) is 2.11. The molecule has 0 saturated carbocycles. The molecule has 0 fully saturated rings. The molecule has 0 aliphatic carbocycles. The van der Waals surface area contributed by atoms with E-state index in [0.29, 0.717) is 11.1 Å². The number of hydrogen-bond donors (Lipinski definition) is 2. The Morgan fingerprint density at radius 3 is 2.55 bits per heavy atom. The van der Waals surface area contributed by atoms with Crippen LogP contribution in [0.3, 0.4) is 0 Å². The van der Waals surface area contributed by atoms with E-state index in [-0.39, 0.29) is 24.4 Å². The molecule has 0 saturated heterocycles. The van der Waals surface area contributed by atoms with Gasteiger partial charge in [-0.3, -0.25) is 4.79 Å². The Bertz CT molecular complexity index is 558. The molecule has 0 spiro atoms. The molecule has 1 aliphatic heterocycles. The molecule has 1 heterocycles. The van der Waals surface area contributed by atoms with Crippen LogP contribution in [0.2, 0.25) is 0 Å². The maximum atomic E-state index is 11.7. The monoisotopic (exact) mass is 278 g/mol. The topological polar surface area (TPSA) is 93.1 Å². The molecule has 2 N–H and O–H groups in total. The van der Waals surface area contributed by atoms with E-state index in [0.717, 1.165) is 0 Å². The Hall–Kier alpha value is -2.50. The molecule has 2 rings (SSSR count). The lowest BCUT2D eigenvalue weighted by Gasteiger charge is -2.13. The van der Waals surface area contributed by atoms with E-state index in [4.69, 9.17) is 14.6 Å². The summed E-state index contributed by atoms with van der Waals surface area (Å²) in [7, 11) is 1.36. The smallest absolute Gasteiger partial charge is 0.374 e. The van der Waals surface area contributed by atoms with Crippen molar-refractivity contribution in [1.29, 1.82) is 0 Å². The van der Waals surface area contributed by atoms with Gasteiger partial charge >= 0.3 is 11.9 Å². The molecule has 6 heteroatoms. The number of phenolic OH excluding ortho intramolecular Hbond substituents is 1. The van der Waals surface area contributed by atoms with Gasteiger partial charge in [0.05, 0.1) is 7.11 Å². The maximum absolute atomic E-state index is 11.7. The third kappa shape index (κ3) is 2.74. The Kier molecular flexibility index (Phi) is 3.93. The van der Waals surface area contributed by atoms with Crippen molar-refractivity contribution >= 4 is 17.5 Å². The Morgan fingerprint density at radius 1 is 1.35 bits per heavy atom. The highest BCUT2D eigenvalue weighted by molar-refractivity contribution is 6.01. The largest absolute Gasteiger partial charge is 0.508 e. The van der Waals surface area contributed by atoms with Crippen molar-refractivity contribution < 1.29 is 29.3 Å². The van der Waals surface area contributed by atoms with Crippen LogP contribution in [-0.4, -0.2) is 35.4 Å². The lowest BCUT2D eigenvalue weighted by atomic mass is 9.97. The van der Waals surface area contributed by atoms with Crippen molar-refractivity contribution in [3.05, 3.63) is 35.6 Å². The number of cyclic esters (lactones) is 1. The molecule has 1 aromatic carbocycles. The number of rotatable bonds is 5. The number of esters is 1. The highest BCUT2D eigenvalue weighted by Crippen LogP contribution is 2.34. The summed E-state index contributed by atoms with van der Waals surface area (Å²) >= 11 is 0. The van der Waals surface area contributed by atoms with Crippen LogP contribution in [0.25, 0.3) is 5.57 Å². The SMILES string of the molecule is COC1=C(c2ccc(O)cc2)C(CCC(=O)O)OC1=O. The quantitative estimate of drug-likeness (QED) is 0.793. The average molecular weight is 278 g/mol. The van der Waals surface area contributed by atoms with E-state index in [1.165, 1.54) is 19.2 Å². The number of aromatic hydroxyl groups is 1. The molecule has 0 amide bonds. The predicted molar refractivity (Wildman–Crippen MR) is 68.8 cm³/mol. The first-order valence-electron chi connectivity index (χ1n) is 6.03. The van der Waals surface area contributed by atoms with E-state index in [9.17, 15) is 14.7 Å². The van der Waals surface area contributed by atoms with Gasteiger partial charge in [-0.25, -0.2) is 4.79 Å². The predicted octanol–water partition coefficient (Wildman–Crippen LogP) is 1.54. The maximum Gasteiger partial charge on any atom is 0.374 e. The number of ether oxygens (including phenoxy) is 2. The van der Waals surface area contributed by atoms with Crippen LogP contribution in [0, 0.1) is 0 Å². The van der Waals surface area contributed by atoms with Gasteiger partial charge in [0.15, 0.2) is 0 Å². The molecule has 0 bridgehead atoms. The molecule has 0 radical (unpaired) electrons. The van der Waals surface area contributed by atoms with E-state index >= 15 is 0 Å². The van der Waals surface area contributed by atoms with Crippen LogP contribution in [-0.2, 0) is 19.1 Å². The van der Waals surface area contributed by atoms with Gasteiger partial charge in [-0.05, 0) is 24.1 Å². The van der Waals surface area contributed by atoms with Crippen molar-refractivity contribution in [2.75, 3.05) is 7.11 Å². The fraction of sp³-hybridized carbons (Fsp3) is 0.286. The van der Waals surface area contributed by atoms with Gasteiger partial charge in [0.1, 0.15) is 11.9 Å². The summed E-state index contributed by atoms with van der Waals surface area (Å²) in [5.74, 6) is -1.39. The minimum atomic E-state index is -0.961. The van der Waals surface area contributed by atoms with Crippen LogP contribution < -0.4 is 0 Å². The van der Waals surface area contributed by atoms with Gasteiger partial charge < -0.3 is 19.7 Å². The zero-order chi connectivity index (χ0) is 14.7. The summed E-state index contributed by atoms with van der Waals surface area (Å²) in [6.07, 6.45) is -0.598. The number of hydrogen-bond acceptors (Lipinski definition) is 5. The highest BCUT2D eigenvalue weighted by atomic mass is 16.6. The number of methoxy groups -OCH3 is 1. The summed E-state index contributed by atoms with van der Waals surface area (Å²) < 4.78 is 10.2. The Labute approximate surface area is 115 Å². The second kappa shape index (κ2) is 5.64.